The van der Waals surface area contributed by atoms with Gasteiger partial charge in [-0.3, -0.25) is 0 Å². The van der Waals surface area contributed by atoms with Crippen molar-refractivity contribution in [1.82, 2.24) is 4.98 Å². The summed E-state index contributed by atoms with van der Waals surface area (Å²) >= 11 is 0. The minimum atomic E-state index is -0.600. The van der Waals surface area contributed by atoms with Gasteiger partial charge in [0.1, 0.15) is 17.5 Å². The highest BCUT2D eigenvalue weighted by atomic mass is 19.1. The smallest absolute Gasteiger partial charge is 0.132 e. The summed E-state index contributed by atoms with van der Waals surface area (Å²) in [4.78, 5) is 4.24. The van der Waals surface area contributed by atoms with E-state index in [2.05, 4.69) is 16.9 Å². The van der Waals surface area contributed by atoms with Gasteiger partial charge in [0.2, 0.25) is 0 Å². The Labute approximate surface area is 110 Å². The Morgan fingerprint density at radius 3 is 2.26 bits per heavy atom. The number of allylic oxidation sites excluding steroid dienone is 1. The maximum Gasteiger partial charge on any atom is 0.132 e. The number of rotatable bonds is 3. The Balaban J connectivity index is 2.41. The van der Waals surface area contributed by atoms with Gasteiger partial charge >= 0.3 is 0 Å². The van der Waals surface area contributed by atoms with Crippen LogP contribution >= 0.6 is 0 Å². The number of hydrogen-bond acceptors (Lipinski definition) is 2. The number of nitrogens with one attached hydrogen (secondary N) is 1. The van der Waals surface area contributed by atoms with Crippen molar-refractivity contribution < 1.29 is 8.78 Å². The SMILES string of the molecule is C=C(C)Nc1ncc(-c2cc(F)cc(F)c2)cc1C. The van der Waals surface area contributed by atoms with Crippen molar-refractivity contribution in [2.45, 2.75) is 13.8 Å². The molecular weight excluding hydrogens is 246 g/mol. The lowest BCUT2D eigenvalue weighted by Crippen LogP contribution is -1.99. The van der Waals surface area contributed by atoms with Crippen LogP contribution in [0.2, 0.25) is 0 Å². The van der Waals surface area contributed by atoms with Gasteiger partial charge in [0.05, 0.1) is 0 Å². The molecule has 1 N–H and O–H groups in total. The third-order valence-corrected chi connectivity index (χ3v) is 2.61. The van der Waals surface area contributed by atoms with Crippen LogP contribution in [0.4, 0.5) is 14.6 Å². The molecule has 1 heterocycles. The molecule has 19 heavy (non-hydrogen) atoms. The largest absolute Gasteiger partial charge is 0.344 e. The lowest BCUT2D eigenvalue weighted by atomic mass is 10.1. The maximum atomic E-state index is 13.2. The van der Waals surface area contributed by atoms with Crippen LogP contribution in [0.1, 0.15) is 12.5 Å². The molecule has 1 aromatic carbocycles. The second-order valence-electron chi connectivity index (χ2n) is 4.45. The lowest BCUT2D eigenvalue weighted by molar-refractivity contribution is 0.584. The molecule has 0 atom stereocenters. The number of aromatic nitrogens is 1. The van der Waals surface area contributed by atoms with Crippen molar-refractivity contribution >= 4 is 5.82 Å². The predicted octanol–water partition coefficient (Wildman–Crippen LogP) is 4.28. The third kappa shape index (κ3) is 3.16. The molecule has 0 saturated heterocycles. The maximum absolute atomic E-state index is 13.2. The zero-order valence-electron chi connectivity index (χ0n) is 10.8. The minimum absolute atomic E-state index is 0.468. The van der Waals surface area contributed by atoms with Gasteiger partial charge in [-0.15, -0.1) is 0 Å². The Morgan fingerprint density at radius 1 is 1.11 bits per heavy atom. The van der Waals surface area contributed by atoms with Crippen LogP contribution in [0, 0.1) is 18.6 Å². The lowest BCUT2D eigenvalue weighted by Gasteiger charge is -2.10. The van der Waals surface area contributed by atoms with Crippen molar-refractivity contribution in [3.8, 4) is 11.1 Å². The van der Waals surface area contributed by atoms with Gasteiger partial charge in [-0.05, 0) is 43.2 Å². The van der Waals surface area contributed by atoms with E-state index in [1.54, 1.807) is 6.20 Å². The molecule has 0 bridgehead atoms. The molecule has 0 fully saturated rings. The molecule has 0 unspecified atom stereocenters. The number of anilines is 1. The van der Waals surface area contributed by atoms with Gasteiger partial charge in [-0.25, -0.2) is 13.8 Å². The van der Waals surface area contributed by atoms with Gasteiger partial charge in [-0.2, -0.15) is 0 Å². The predicted molar refractivity (Wildman–Crippen MR) is 72.8 cm³/mol. The number of aryl methyl sites for hydroxylation is 1. The molecule has 4 heteroatoms. The Kier molecular flexibility index (Phi) is 3.60. The number of pyridine rings is 1. The van der Waals surface area contributed by atoms with Gasteiger partial charge < -0.3 is 5.32 Å². The summed E-state index contributed by atoms with van der Waals surface area (Å²) < 4.78 is 26.4. The second kappa shape index (κ2) is 5.18. The molecule has 2 nitrogen and oxygen atoms in total. The first-order chi connectivity index (χ1) is 8.95. The van der Waals surface area contributed by atoms with E-state index in [0.29, 0.717) is 16.9 Å². The van der Waals surface area contributed by atoms with Crippen LogP contribution < -0.4 is 5.32 Å². The molecular formula is C15H14F2N2. The Hall–Kier alpha value is -2.23. The van der Waals surface area contributed by atoms with Gasteiger partial charge in [0, 0.05) is 23.5 Å². The Morgan fingerprint density at radius 2 is 1.74 bits per heavy atom. The molecule has 0 saturated carbocycles. The quantitative estimate of drug-likeness (QED) is 0.890. The standard InChI is InChI=1S/C15H14F2N2/c1-9(2)19-15-10(3)4-12(8-18-15)11-5-13(16)7-14(17)6-11/h4-8H,1H2,2-3H3,(H,18,19). The van der Waals surface area contributed by atoms with Crippen LogP contribution in [-0.2, 0) is 0 Å². The molecule has 1 aromatic heterocycles. The van der Waals surface area contributed by atoms with Crippen molar-refractivity contribution in [3.63, 3.8) is 0 Å². The first kappa shape index (κ1) is 13.2. The third-order valence-electron chi connectivity index (χ3n) is 2.61. The fourth-order valence-electron chi connectivity index (χ4n) is 1.79. The highest BCUT2D eigenvalue weighted by Crippen LogP contribution is 2.24. The summed E-state index contributed by atoms with van der Waals surface area (Å²) in [5, 5.41) is 3.02. The highest BCUT2D eigenvalue weighted by molar-refractivity contribution is 5.66. The molecule has 0 amide bonds. The van der Waals surface area contributed by atoms with Crippen molar-refractivity contribution in [2.75, 3.05) is 5.32 Å². The fraction of sp³-hybridized carbons (Fsp3) is 0.133. The van der Waals surface area contributed by atoms with E-state index in [1.807, 2.05) is 19.9 Å². The minimum Gasteiger partial charge on any atom is -0.344 e. The topological polar surface area (TPSA) is 24.9 Å². The average molecular weight is 260 g/mol. The van der Waals surface area contributed by atoms with Gasteiger partial charge in [-0.1, -0.05) is 6.58 Å². The van der Waals surface area contributed by atoms with Crippen molar-refractivity contribution in [1.29, 1.82) is 0 Å². The molecule has 0 aliphatic heterocycles. The number of nitrogens with zero attached hydrogens (tertiary/aromatic N) is 1. The van der Waals surface area contributed by atoms with Crippen LogP contribution in [0.15, 0.2) is 42.7 Å². The van der Waals surface area contributed by atoms with Crippen LogP contribution in [-0.4, -0.2) is 4.98 Å². The van der Waals surface area contributed by atoms with Gasteiger partial charge in [0.25, 0.3) is 0 Å². The molecule has 0 aliphatic rings. The van der Waals surface area contributed by atoms with Crippen LogP contribution in [0.25, 0.3) is 11.1 Å². The summed E-state index contributed by atoms with van der Waals surface area (Å²) in [6, 6.07) is 5.24. The highest BCUT2D eigenvalue weighted by Gasteiger charge is 2.06. The monoisotopic (exact) mass is 260 g/mol. The zero-order valence-corrected chi connectivity index (χ0v) is 10.8. The summed E-state index contributed by atoms with van der Waals surface area (Å²) in [6.45, 7) is 7.45. The van der Waals surface area contributed by atoms with Crippen molar-refractivity contribution in [2.24, 2.45) is 0 Å². The summed E-state index contributed by atoms with van der Waals surface area (Å²) in [7, 11) is 0. The van der Waals surface area contributed by atoms with E-state index in [-0.39, 0.29) is 0 Å². The second-order valence-corrected chi connectivity index (χ2v) is 4.45. The first-order valence-corrected chi connectivity index (χ1v) is 5.81. The number of halogens is 2. The Bertz CT molecular complexity index is 616. The summed E-state index contributed by atoms with van der Waals surface area (Å²) in [5.74, 6) is -0.512. The summed E-state index contributed by atoms with van der Waals surface area (Å²) in [6.07, 6.45) is 1.58. The normalized spacial score (nSPS) is 10.3. The first-order valence-electron chi connectivity index (χ1n) is 5.81. The number of hydrogen-bond donors (Lipinski definition) is 1. The zero-order chi connectivity index (χ0) is 14.0. The van der Waals surface area contributed by atoms with Crippen LogP contribution in [0.5, 0.6) is 0 Å². The van der Waals surface area contributed by atoms with E-state index >= 15 is 0 Å². The van der Waals surface area contributed by atoms with E-state index in [1.165, 1.54) is 12.1 Å². The van der Waals surface area contributed by atoms with E-state index in [0.717, 1.165) is 17.3 Å². The van der Waals surface area contributed by atoms with Crippen LogP contribution in [0.3, 0.4) is 0 Å². The van der Waals surface area contributed by atoms with E-state index in [4.69, 9.17) is 0 Å². The molecule has 0 radical (unpaired) electrons. The van der Waals surface area contributed by atoms with Gasteiger partial charge in [0.15, 0.2) is 0 Å². The fourth-order valence-corrected chi connectivity index (χ4v) is 1.79. The molecule has 2 aromatic rings. The average Bonchev–Trinajstić information content (AvgIpc) is 2.30. The summed E-state index contributed by atoms with van der Waals surface area (Å²) in [5.41, 5.74) is 2.79. The molecule has 2 rings (SSSR count). The molecule has 0 spiro atoms. The van der Waals surface area contributed by atoms with E-state index < -0.39 is 11.6 Å². The molecule has 98 valence electrons. The molecule has 0 aliphatic carbocycles. The van der Waals surface area contributed by atoms with Crippen molar-refractivity contribution in [3.05, 3.63) is 59.9 Å². The van der Waals surface area contributed by atoms with E-state index in [9.17, 15) is 8.78 Å². The number of benzene rings is 1.